The number of amides is 2. The summed E-state index contributed by atoms with van der Waals surface area (Å²) >= 11 is 0. The van der Waals surface area contributed by atoms with Gasteiger partial charge in [-0.05, 0) is 44.2 Å². The van der Waals surface area contributed by atoms with E-state index in [0.717, 1.165) is 4.90 Å². The summed E-state index contributed by atoms with van der Waals surface area (Å²) in [5.41, 5.74) is -0.368. The molecule has 2 heterocycles. The van der Waals surface area contributed by atoms with Gasteiger partial charge < -0.3 is 19.7 Å². The lowest BCUT2D eigenvalue weighted by Gasteiger charge is -2.29. The average Bonchev–Trinajstić information content (AvgIpc) is 3.33. The molecule has 10 nitrogen and oxygen atoms in total. The highest BCUT2D eigenvalue weighted by atomic mass is 16.5. The van der Waals surface area contributed by atoms with Gasteiger partial charge >= 0.3 is 5.97 Å². The van der Waals surface area contributed by atoms with E-state index in [-0.39, 0.29) is 11.5 Å². The number of nitrogens with one attached hydrogen (secondary N) is 1. The van der Waals surface area contributed by atoms with Crippen LogP contribution in [0.25, 0.3) is 0 Å². The monoisotopic (exact) mass is 482 g/mol. The molecule has 10 heteroatoms. The fourth-order valence-corrected chi connectivity index (χ4v) is 5.21. The fourth-order valence-electron chi connectivity index (χ4n) is 5.21. The number of imide groups is 1. The number of carboxylic acid groups (broad SMARTS) is 1. The van der Waals surface area contributed by atoms with Crippen molar-refractivity contribution < 1.29 is 38.9 Å². The molecule has 4 unspecified atom stereocenters. The number of benzene rings is 2. The Labute approximate surface area is 201 Å². The van der Waals surface area contributed by atoms with Gasteiger partial charge in [-0.3, -0.25) is 24.5 Å². The highest BCUT2D eigenvalue weighted by Crippen LogP contribution is 2.52. The molecule has 35 heavy (non-hydrogen) atoms. The summed E-state index contributed by atoms with van der Waals surface area (Å²) in [6.07, 6.45) is 0. The third-order valence-electron chi connectivity index (χ3n) is 6.96. The van der Waals surface area contributed by atoms with Gasteiger partial charge in [-0.15, -0.1) is 0 Å². The number of carboxylic acids is 1. The zero-order chi connectivity index (χ0) is 25.7. The molecule has 0 bridgehead atoms. The van der Waals surface area contributed by atoms with Crippen molar-refractivity contribution in [1.82, 2.24) is 5.32 Å². The first-order chi connectivity index (χ1) is 16.6. The van der Waals surface area contributed by atoms with Gasteiger partial charge in [-0.25, -0.2) is 4.90 Å². The van der Waals surface area contributed by atoms with Crippen molar-refractivity contribution in [2.45, 2.75) is 25.4 Å². The quantitative estimate of drug-likeness (QED) is 0.395. The van der Waals surface area contributed by atoms with Crippen LogP contribution in [0.4, 0.5) is 5.69 Å². The summed E-state index contributed by atoms with van der Waals surface area (Å²) in [7, 11) is 2.94. The number of rotatable bonds is 7. The van der Waals surface area contributed by atoms with E-state index >= 15 is 0 Å². The zero-order valence-corrected chi connectivity index (χ0v) is 19.7. The number of fused-ring (bicyclic) bond motifs is 1. The molecule has 0 radical (unpaired) electrons. The number of Topliss-reactive ketones (excluding diaryl/α,β-unsaturated/α-hetero) is 1. The van der Waals surface area contributed by atoms with E-state index in [1.54, 1.807) is 19.1 Å². The summed E-state index contributed by atoms with van der Waals surface area (Å²) < 4.78 is 10.9. The number of aliphatic carboxylic acids is 1. The number of carbonyl (C=O) groups excluding carboxylic acids is 3. The van der Waals surface area contributed by atoms with Crippen molar-refractivity contribution in [2.24, 2.45) is 11.8 Å². The SMILES string of the molecule is COc1ccc(C2NC(CO)(C(=O)O)C3C(=O)N(c4ccc(C(C)=O)cc4)C(=O)C23)c(OC)c1C. The molecule has 2 aliphatic rings. The summed E-state index contributed by atoms with van der Waals surface area (Å²) in [4.78, 5) is 52.2. The molecule has 2 aliphatic heterocycles. The molecule has 0 spiro atoms. The van der Waals surface area contributed by atoms with Crippen LogP contribution >= 0.6 is 0 Å². The molecule has 184 valence electrons. The molecule has 2 aromatic rings. The Morgan fingerprint density at radius 3 is 2.23 bits per heavy atom. The molecular formula is C25H26N2O8. The number of methoxy groups -OCH3 is 2. The van der Waals surface area contributed by atoms with Gasteiger partial charge in [0.1, 0.15) is 11.5 Å². The number of ether oxygens (including phenoxy) is 2. The number of aliphatic hydroxyl groups excluding tert-OH is 1. The van der Waals surface area contributed by atoms with E-state index in [1.807, 2.05) is 0 Å². The predicted molar refractivity (Wildman–Crippen MR) is 124 cm³/mol. The Hall–Kier alpha value is -3.76. The Kier molecular flexibility index (Phi) is 6.12. The molecule has 0 aromatic heterocycles. The average molecular weight is 482 g/mol. The van der Waals surface area contributed by atoms with Gasteiger partial charge in [0.15, 0.2) is 11.3 Å². The fraction of sp³-hybridized carbons (Fsp3) is 0.360. The Morgan fingerprint density at radius 1 is 1.06 bits per heavy atom. The van der Waals surface area contributed by atoms with Crippen LogP contribution in [0, 0.1) is 18.8 Å². The minimum absolute atomic E-state index is 0.177. The van der Waals surface area contributed by atoms with Gasteiger partial charge in [-0.1, -0.05) is 6.07 Å². The maximum Gasteiger partial charge on any atom is 0.327 e. The highest BCUT2D eigenvalue weighted by Gasteiger charge is 2.69. The molecule has 2 amide bonds. The molecule has 2 aromatic carbocycles. The molecule has 4 rings (SSSR count). The number of carbonyl (C=O) groups is 4. The standard InChI is InChI=1S/C25H26N2O8/c1-12-17(34-3)10-9-16(21(12)35-4)20-18-19(25(11-28,26-20)24(32)33)23(31)27(22(18)30)15-7-5-14(6-8-15)13(2)29/h5-10,18-20,26,28H,11H2,1-4H3,(H,32,33). The van der Waals surface area contributed by atoms with Gasteiger partial charge in [-0.2, -0.15) is 0 Å². The van der Waals surface area contributed by atoms with Crippen LogP contribution in [0.2, 0.25) is 0 Å². The zero-order valence-electron chi connectivity index (χ0n) is 19.7. The topological polar surface area (TPSA) is 142 Å². The molecule has 2 fully saturated rings. The third kappa shape index (κ3) is 3.48. The minimum atomic E-state index is -2.09. The first-order valence-electron chi connectivity index (χ1n) is 10.9. The van der Waals surface area contributed by atoms with Crippen LogP contribution in [0.15, 0.2) is 36.4 Å². The van der Waals surface area contributed by atoms with Crippen molar-refractivity contribution in [1.29, 1.82) is 0 Å². The Morgan fingerprint density at radius 2 is 1.71 bits per heavy atom. The van der Waals surface area contributed by atoms with Gasteiger partial charge in [0.2, 0.25) is 11.8 Å². The summed E-state index contributed by atoms with van der Waals surface area (Å²) in [5.74, 6) is -4.56. The van der Waals surface area contributed by atoms with Crippen LogP contribution in [0.3, 0.4) is 0 Å². The lowest BCUT2D eigenvalue weighted by Crippen LogP contribution is -2.58. The number of ketones is 1. The van der Waals surface area contributed by atoms with Crippen molar-refractivity contribution in [3.63, 3.8) is 0 Å². The van der Waals surface area contributed by atoms with E-state index in [1.165, 1.54) is 45.4 Å². The van der Waals surface area contributed by atoms with E-state index in [0.29, 0.717) is 28.2 Å². The second kappa shape index (κ2) is 8.79. The number of anilines is 1. The van der Waals surface area contributed by atoms with E-state index < -0.39 is 47.8 Å². The summed E-state index contributed by atoms with van der Waals surface area (Å²) in [5, 5.41) is 23.2. The van der Waals surface area contributed by atoms with Crippen LogP contribution in [0.1, 0.15) is 34.5 Å². The molecular weight excluding hydrogens is 456 g/mol. The first-order valence-corrected chi connectivity index (χ1v) is 10.9. The largest absolute Gasteiger partial charge is 0.496 e. The lowest BCUT2D eigenvalue weighted by molar-refractivity contribution is -0.150. The molecule has 3 N–H and O–H groups in total. The molecule has 2 saturated heterocycles. The van der Waals surface area contributed by atoms with Crippen LogP contribution in [-0.4, -0.2) is 60.1 Å². The lowest BCUT2D eigenvalue weighted by atomic mass is 9.79. The van der Waals surface area contributed by atoms with Crippen molar-refractivity contribution in [3.05, 3.63) is 53.1 Å². The smallest absolute Gasteiger partial charge is 0.327 e. The molecule has 0 saturated carbocycles. The Balaban J connectivity index is 1.87. The second-order valence-electron chi connectivity index (χ2n) is 8.69. The summed E-state index contributed by atoms with van der Waals surface area (Å²) in [6, 6.07) is 8.30. The molecule has 0 aliphatic carbocycles. The maximum absolute atomic E-state index is 13.7. The highest BCUT2D eigenvalue weighted by molar-refractivity contribution is 6.24. The van der Waals surface area contributed by atoms with Crippen LogP contribution < -0.4 is 19.7 Å². The Bertz CT molecular complexity index is 1220. The normalized spacial score (nSPS) is 25.5. The van der Waals surface area contributed by atoms with Crippen molar-refractivity contribution in [3.8, 4) is 11.5 Å². The van der Waals surface area contributed by atoms with Crippen molar-refractivity contribution >= 4 is 29.3 Å². The van der Waals surface area contributed by atoms with Gasteiger partial charge in [0, 0.05) is 22.7 Å². The second-order valence-corrected chi connectivity index (χ2v) is 8.69. The van der Waals surface area contributed by atoms with Crippen LogP contribution in [-0.2, 0) is 14.4 Å². The minimum Gasteiger partial charge on any atom is -0.496 e. The number of nitrogens with zero attached hydrogens (tertiary/aromatic N) is 1. The van der Waals surface area contributed by atoms with E-state index in [9.17, 15) is 29.4 Å². The van der Waals surface area contributed by atoms with E-state index in [2.05, 4.69) is 5.32 Å². The van der Waals surface area contributed by atoms with Crippen molar-refractivity contribution in [2.75, 3.05) is 25.7 Å². The number of hydrogen-bond donors (Lipinski definition) is 3. The van der Waals surface area contributed by atoms with Crippen LogP contribution in [0.5, 0.6) is 11.5 Å². The number of hydrogen-bond acceptors (Lipinski definition) is 8. The van der Waals surface area contributed by atoms with Gasteiger partial charge in [0.25, 0.3) is 0 Å². The molecule has 4 atom stereocenters. The predicted octanol–water partition coefficient (Wildman–Crippen LogP) is 1.48. The summed E-state index contributed by atoms with van der Waals surface area (Å²) in [6.45, 7) is 2.25. The third-order valence-corrected chi connectivity index (χ3v) is 6.96. The first kappa shape index (κ1) is 24.4. The maximum atomic E-state index is 13.7. The van der Waals surface area contributed by atoms with E-state index in [4.69, 9.17) is 9.47 Å². The van der Waals surface area contributed by atoms with Gasteiger partial charge in [0.05, 0.1) is 38.3 Å². The number of aliphatic hydroxyl groups is 1.